The lowest BCUT2D eigenvalue weighted by molar-refractivity contribution is -0.135. The lowest BCUT2D eigenvalue weighted by Crippen LogP contribution is -2.48. The number of nitrogens with one attached hydrogen (secondary N) is 1. The summed E-state index contributed by atoms with van der Waals surface area (Å²) in [5.74, 6) is 0.337. The minimum Gasteiger partial charge on any atom is -0.340 e. The topological polar surface area (TPSA) is 32.3 Å². The van der Waals surface area contributed by atoms with Crippen LogP contribution in [0.25, 0.3) is 0 Å². The molecule has 1 aromatic carbocycles. The molecular formula is C14H19BrN2O. The third-order valence-corrected chi connectivity index (χ3v) is 3.83. The molecule has 1 fully saturated rings. The number of carbonyl (C=O) groups excluding carboxylic acids is 1. The first-order valence-corrected chi connectivity index (χ1v) is 7.20. The van der Waals surface area contributed by atoms with E-state index in [4.69, 9.17) is 0 Å². The summed E-state index contributed by atoms with van der Waals surface area (Å²) < 4.78 is 1.08. The minimum atomic E-state index is 0.0595. The second kappa shape index (κ2) is 6.34. The van der Waals surface area contributed by atoms with E-state index in [9.17, 15) is 4.79 Å². The van der Waals surface area contributed by atoms with Gasteiger partial charge in [0.2, 0.25) is 5.91 Å². The van der Waals surface area contributed by atoms with Gasteiger partial charge in [0, 0.05) is 36.6 Å². The van der Waals surface area contributed by atoms with E-state index in [1.54, 1.807) is 0 Å². The predicted octanol–water partition coefficient (Wildman–Crippen LogP) is 2.06. The van der Waals surface area contributed by atoms with Gasteiger partial charge in [0.05, 0.1) is 0 Å². The highest BCUT2D eigenvalue weighted by Crippen LogP contribution is 2.15. The van der Waals surface area contributed by atoms with Crippen molar-refractivity contribution in [2.75, 3.05) is 26.2 Å². The second-order valence-electron chi connectivity index (χ2n) is 4.81. The highest BCUT2D eigenvalue weighted by molar-refractivity contribution is 9.10. The Labute approximate surface area is 117 Å². The fourth-order valence-corrected chi connectivity index (χ4v) is 2.52. The summed E-state index contributed by atoms with van der Waals surface area (Å²) >= 11 is 3.42. The number of hydrogen-bond donors (Lipinski definition) is 1. The van der Waals surface area contributed by atoms with Gasteiger partial charge in [0.1, 0.15) is 0 Å². The van der Waals surface area contributed by atoms with Crippen molar-refractivity contribution in [2.24, 2.45) is 5.92 Å². The molecule has 18 heavy (non-hydrogen) atoms. The molecule has 0 spiro atoms. The Bertz CT molecular complexity index is 399. The Kier molecular flexibility index (Phi) is 4.78. The largest absolute Gasteiger partial charge is 0.340 e. The Balaban J connectivity index is 1.92. The quantitative estimate of drug-likeness (QED) is 0.927. The van der Waals surface area contributed by atoms with E-state index in [0.29, 0.717) is 0 Å². The Morgan fingerprint density at radius 1 is 1.33 bits per heavy atom. The zero-order valence-corrected chi connectivity index (χ0v) is 12.2. The normalized spacial score (nSPS) is 17.6. The van der Waals surface area contributed by atoms with E-state index in [0.717, 1.165) is 37.1 Å². The van der Waals surface area contributed by atoms with Crippen molar-refractivity contribution < 1.29 is 4.79 Å². The van der Waals surface area contributed by atoms with Gasteiger partial charge in [-0.25, -0.2) is 0 Å². The van der Waals surface area contributed by atoms with E-state index in [-0.39, 0.29) is 11.8 Å². The maximum atomic E-state index is 12.3. The lowest BCUT2D eigenvalue weighted by atomic mass is 9.99. The number of piperazine rings is 1. The maximum Gasteiger partial charge on any atom is 0.225 e. The maximum absolute atomic E-state index is 12.3. The third kappa shape index (κ3) is 3.56. The van der Waals surface area contributed by atoms with Crippen LogP contribution in [0.1, 0.15) is 12.5 Å². The fourth-order valence-electron chi connectivity index (χ4n) is 2.26. The summed E-state index contributed by atoms with van der Waals surface area (Å²) in [5, 5.41) is 3.27. The SMILES string of the molecule is CC(Cc1ccc(Br)cc1)C(=O)N1CCNCC1. The van der Waals surface area contributed by atoms with E-state index in [1.807, 2.05) is 24.0 Å². The standard InChI is InChI=1S/C14H19BrN2O/c1-11(10-12-2-4-13(15)5-3-12)14(18)17-8-6-16-7-9-17/h2-5,11,16H,6-10H2,1H3. The molecule has 98 valence electrons. The van der Waals surface area contributed by atoms with Crippen LogP contribution in [0.4, 0.5) is 0 Å². The third-order valence-electron chi connectivity index (χ3n) is 3.31. The number of hydrogen-bond acceptors (Lipinski definition) is 2. The molecule has 1 saturated heterocycles. The van der Waals surface area contributed by atoms with Crippen LogP contribution >= 0.6 is 15.9 Å². The predicted molar refractivity (Wildman–Crippen MR) is 76.5 cm³/mol. The van der Waals surface area contributed by atoms with Crippen LogP contribution in [0.3, 0.4) is 0 Å². The molecular weight excluding hydrogens is 292 g/mol. The highest BCUT2D eigenvalue weighted by Gasteiger charge is 2.21. The molecule has 1 unspecified atom stereocenters. The van der Waals surface area contributed by atoms with Crippen LogP contribution in [0, 0.1) is 5.92 Å². The van der Waals surface area contributed by atoms with Crippen molar-refractivity contribution in [3.63, 3.8) is 0 Å². The number of nitrogens with zero attached hydrogens (tertiary/aromatic N) is 1. The summed E-state index contributed by atoms with van der Waals surface area (Å²) in [5.41, 5.74) is 1.22. The Morgan fingerprint density at radius 3 is 2.56 bits per heavy atom. The average Bonchev–Trinajstić information content (AvgIpc) is 2.41. The number of carbonyl (C=O) groups is 1. The van der Waals surface area contributed by atoms with Crippen molar-refractivity contribution in [1.82, 2.24) is 10.2 Å². The first-order chi connectivity index (χ1) is 8.66. The van der Waals surface area contributed by atoms with Crippen LogP contribution in [-0.2, 0) is 11.2 Å². The zero-order chi connectivity index (χ0) is 13.0. The highest BCUT2D eigenvalue weighted by atomic mass is 79.9. The summed E-state index contributed by atoms with van der Waals surface area (Å²) in [7, 11) is 0. The number of amides is 1. The molecule has 1 amide bonds. The van der Waals surface area contributed by atoms with Gasteiger partial charge < -0.3 is 10.2 Å². The fraction of sp³-hybridized carbons (Fsp3) is 0.500. The summed E-state index contributed by atoms with van der Waals surface area (Å²) in [6.07, 6.45) is 0.816. The molecule has 0 aliphatic carbocycles. The van der Waals surface area contributed by atoms with E-state index < -0.39 is 0 Å². The molecule has 0 radical (unpaired) electrons. The van der Waals surface area contributed by atoms with E-state index >= 15 is 0 Å². The van der Waals surface area contributed by atoms with Crippen molar-refractivity contribution in [2.45, 2.75) is 13.3 Å². The minimum absolute atomic E-state index is 0.0595. The zero-order valence-electron chi connectivity index (χ0n) is 10.7. The molecule has 1 aromatic rings. The van der Waals surface area contributed by atoms with E-state index in [1.165, 1.54) is 5.56 Å². The van der Waals surface area contributed by atoms with Gasteiger partial charge in [0.15, 0.2) is 0 Å². The molecule has 1 heterocycles. The lowest BCUT2D eigenvalue weighted by Gasteiger charge is -2.29. The molecule has 1 atom stereocenters. The molecule has 4 heteroatoms. The Morgan fingerprint density at radius 2 is 1.94 bits per heavy atom. The summed E-state index contributed by atoms with van der Waals surface area (Å²) in [6.45, 7) is 5.52. The first-order valence-electron chi connectivity index (χ1n) is 6.41. The first kappa shape index (κ1) is 13.6. The number of halogens is 1. The molecule has 0 bridgehead atoms. The van der Waals surface area contributed by atoms with Crippen molar-refractivity contribution in [3.05, 3.63) is 34.3 Å². The van der Waals surface area contributed by atoms with Crippen LogP contribution in [0.5, 0.6) is 0 Å². The number of rotatable bonds is 3. The molecule has 1 aliphatic heterocycles. The smallest absolute Gasteiger partial charge is 0.225 e. The summed E-state index contributed by atoms with van der Waals surface area (Å²) in [6, 6.07) is 8.20. The van der Waals surface area contributed by atoms with Crippen LogP contribution in [-0.4, -0.2) is 37.0 Å². The van der Waals surface area contributed by atoms with Crippen LogP contribution in [0.15, 0.2) is 28.7 Å². The van der Waals surface area contributed by atoms with Gasteiger partial charge in [-0.05, 0) is 24.1 Å². The van der Waals surface area contributed by atoms with Crippen molar-refractivity contribution in [1.29, 1.82) is 0 Å². The van der Waals surface area contributed by atoms with Gasteiger partial charge in [-0.2, -0.15) is 0 Å². The molecule has 3 nitrogen and oxygen atoms in total. The average molecular weight is 311 g/mol. The molecule has 2 rings (SSSR count). The Hall–Kier alpha value is -0.870. The van der Waals surface area contributed by atoms with Gasteiger partial charge in [-0.1, -0.05) is 35.0 Å². The monoisotopic (exact) mass is 310 g/mol. The van der Waals surface area contributed by atoms with Crippen molar-refractivity contribution in [3.8, 4) is 0 Å². The van der Waals surface area contributed by atoms with Gasteiger partial charge in [-0.15, -0.1) is 0 Å². The molecule has 0 aromatic heterocycles. The van der Waals surface area contributed by atoms with Gasteiger partial charge in [-0.3, -0.25) is 4.79 Å². The molecule has 1 N–H and O–H groups in total. The van der Waals surface area contributed by atoms with E-state index in [2.05, 4.69) is 33.4 Å². The van der Waals surface area contributed by atoms with Crippen LogP contribution in [0.2, 0.25) is 0 Å². The molecule has 1 aliphatic rings. The summed E-state index contributed by atoms with van der Waals surface area (Å²) in [4.78, 5) is 14.2. The number of benzene rings is 1. The van der Waals surface area contributed by atoms with Crippen LogP contribution < -0.4 is 5.32 Å². The van der Waals surface area contributed by atoms with Crippen molar-refractivity contribution >= 4 is 21.8 Å². The van der Waals surface area contributed by atoms with Gasteiger partial charge in [0.25, 0.3) is 0 Å². The molecule has 0 saturated carbocycles. The van der Waals surface area contributed by atoms with Gasteiger partial charge >= 0.3 is 0 Å². The second-order valence-corrected chi connectivity index (χ2v) is 5.72.